The van der Waals surface area contributed by atoms with E-state index < -0.39 is 6.10 Å². The van der Waals surface area contributed by atoms with Crippen LogP contribution in [0.15, 0.2) is 0 Å². The second-order valence-electron chi connectivity index (χ2n) is 3.03. The molecule has 0 aromatic carbocycles. The summed E-state index contributed by atoms with van der Waals surface area (Å²) in [5.74, 6) is -0.221. The molecule has 0 saturated carbocycles. The summed E-state index contributed by atoms with van der Waals surface area (Å²) < 4.78 is 10.2. The predicted molar refractivity (Wildman–Crippen MR) is 45.2 cm³/mol. The number of aliphatic hydroxyl groups excluding tert-OH is 1. The first-order valence-corrected chi connectivity index (χ1v) is 4.34. The van der Waals surface area contributed by atoms with Gasteiger partial charge in [-0.3, -0.25) is 4.79 Å². The van der Waals surface area contributed by atoms with Crippen LogP contribution in [0, 0.1) is 0 Å². The van der Waals surface area contributed by atoms with Crippen LogP contribution >= 0.6 is 0 Å². The molecule has 0 radical (unpaired) electrons. The molecule has 5 heteroatoms. The van der Waals surface area contributed by atoms with Gasteiger partial charge in [-0.1, -0.05) is 0 Å². The van der Waals surface area contributed by atoms with E-state index in [1.807, 2.05) is 0 Å². The lowest BCUT2D eigenvalue weighted by Gasteiger charge is -2.23. The fourth-order valence-corrected chi connectivity index (χ4v) is 1.02. The molecule has 0 bridgehead atoms. The molecular formula is C8H15NO4. The SMILES string of the molecule is C[C@H](CO)NC(=O)C1COCCO1. The van der Waals surface area contributed by atoms with Gasteiger partial charge in [-0.15, -0.1) is 0 Å². The predicted octanol–water partition coefficient (Wildman–Crippen LogP) is -1.10. The third kappa shape index (κ3) is 3.30. The highest BCUT2D eigenvalue weighted by Crippen LogP contribution is 2.00. The van der Waals surface area contributed by atoms with Gasteiger partial charge in [0.25, 0.3) is 5.91 Å². The molecule has 0 aliphatic carbocycles. The van der Waals surface area contributed by atoms with Crippen molar-refractivity contribution in [3.63, 3.8) is 0 Å². The van der Waals surface area contributed by atoms with Crippen molar-refractivity contribution in [2.45, 2.75) is 19.1 Å². The Balaban J connectivity index is 2.29. The summed E-state index contributed by atoms with van der Waals surface area (Å²) in [6, 6.07) is -0.238. The summed E-state index contributed by atoms with van der Waals surface area (Å²) in [5, 5.41) is 11.3. The number of ether oxygens (including phenoxy) is 2. The van der Waals surface area contributed by atoms with Gasteiger partial charge in [0.2, 0.25) is 0 Å². The Morgan fingerprint density at radius 2 is 2.46 bits per heavy atom. The summed E-state index contributed by atoms with van der Waals surface area (Å²) in [4.78, 5) is 11.3. The zero-order chi connectivity index (χ0) is 9.68. The van der Waals surface area contributed by atoms with Gasteiger partial charge in [-0.2, -0.15) is 0 Å². The van der Waals surface area contributed by atoms with Crippen LogP contribution in [0.2, 0.25) is 0 Å². The maximum Gasteiger partial charge on any atom is 0.251 e. The normalized spacial score (nSPS) is 25.2. The lowest BCUT2D eigenvalue weighted by molar-refractivity contribution is -0.148. The topological polar surface area (TPSA) is 67.8 Å². The van der Waals surface area contributed by atoms with Gasteiger partial charge in [0.15, 0.2) is 6.10 Å². The first-order valence-electron chi connectivity index (χ1n) is 4.34. The highest BCUT2D eigenvalue weighted by Gasteiger charge is 2.23. The Bertz CT molecular complexity index is 168. The maximum absolute atomic E-state index is 11.3. The van der Waals surface area contributed by atoms with Gasteiger partial charge >= 0.3 is 0 Å². The van der Waals surface area contributed by atoms with Crippen molar-refractivity contribution in [2.75, 3.05) is 26.4 Å². The monoisotopic (exact) mass is 189 g/mol. The third-order valence-corrected chi connectivity index (χ3v) is 1.77. The molecule has 1 aliphatic heterocycles. The fraction of sp³-hybridized carbons (Fsp3) is 0.875. The molecule has 1 saturated heterocycles. The molecule has 0 aromatic rings. The largest absolute Gasteiger partial charge is 0.394 e. The van der Waals surface area contributed by atoms with Gasteiger partial charge in [-0.25, -0.2) is 0 Å². The zero-order valence-electron chi connectivity index (χ0n) is 7.66. The summed E-state index contributed by atoms with van der Waals surface area (Å²) in [7, 11) is 0. The van der Waals surface area contributed by atoms with E-state index in [2.05, 4.69) is 5.32 Å². The van der Waals surface area contributed by atoms with E-state index in [-0.39, 0.29) is 18.6 Å². The molecule has 1 heterocycles. The minimum Gasteiger partial charge on any atom is -0.394 e. The Morgan fingerprint density at radius 3 is 3.00 bits per heavy atom. The summed E-state index contributed by atoms with van der Waals surface area (Å²) >= 11 is 0. The Morgan fingerprint density at radius 1 is 1.69 bits per heavy atom. The maximum atomic E-state index is 11.3. The number of carbonyl (C=O) groups is 1. The van der Waals surface area contributed by atoms with Crippen LogP contribution in [0.3, 0.4) is 0 Å². The average Bonchev–Trinajstić information content (AvgIpc) is 2.19. The van der Waals surface area contributed by atoms with Crippen LogP contribution in [0.25, 0.3) is 0 Å². The van der Waals surface area contributed by atoms with Crippen LogP contribution in [-0.4, -0.2) is 49.6 Å². The Kier molecular flexibility index (Phi) is 4.14. The van der Waals surface area contributed by atoms with Crippen LogP contribution in [0.4, 0.5) is 0 Å². The summed E-state index contributed by atoms with van der Waals surface area (Å²) in [6.45, 7) is 2.94. The number of carbonyl (C=O) groups excluding carboxylic acids is 1. The number of aliphatic hydroxyl groups is 1. The number of amides is 1. The molecule has 76 valence electrons. The van der Waals surface area contributed by atoms with Gasteiger partial charge in [0, 0.05) is 6.04 Å². The van der Waals surface area contributed by atoms with Crippen molar-refractivity contribution >= 4 is 5.91 Å². The van der Waals surface area contributed by atoms with Crippen molar-refractivity contribution in [2.24, 2.45) is 0 Å². The molecule has 1 rings (SSSR count). The van der Waals surface area contributed by atoms with E-state index in [0.29, 0.717) is 19.8 Å². The van der Waals surface area contributed by atoms with Gasteiger partial charge in [0.05, 0.1) is 26.4 Å². The van der Waals surface area contributed by atoms with Crippen molar-refractivity contribution < 1.29 is 19.4 Å². The quantitative estimate of drug-likeness (QED) is 0.591. The van der Waals surface area contributed by atoms with E-state index in [1.54, 1.807) is 6.92 Å². The summed E-state index contributed by atoms with van der Waals surface area (Å²) in [6.07, 6.45) is -0.525. The van der Waals surface area contributed by atoms with E-state index in [0.717, 1.165) is 0 Å². The van der Waals surface area contributed by atoms with Crippen molar-refractivity contribution in [3.8, 4) is 0 Å². The van der Waals surface area contributed by atoms with E-state index >= 15 is 0 Å². The smallest absolute Gasteiger partial charge is 0.251 e. The molecular weight excluding hydrogens is 174 g/mol. The van der Waals surface area contributed by atoms with Crippen molar-refractivity contribution in [1.82, 2.24) is 5.32 Å². The minimum absolute atomic E-state index is 0.0701. The molecule has 1 fully saturated rings. The van der Waals surface area contributed by atoms with E-state index in [9.17, 15) is 4.79 Å². The molecule has 0 aromatic heterocycles. The summed E-state index contributed by atoms with van der Waals surface area (Å²) in [5.41, 5.74) is 0. The van der Waals surface area contributed by atoms with Gasteiger partial charge in [0.1, 0.15) is 0 Å². The van der Waals surface area contributed by atoms with Crippen LogP contribution in [-0.2, 0) is 14.3 Å². The van der Waals surface area contributed by atoms with E-state index in [4.69, 9.17) is 14.6 Å². The molecule has 1 amide bonds. The third-order valence-electron chi connectivity index (χ3n) is 1.77. The second-order valence-corrected chi connectivity index (χ2v) is 3.03. The molecule has 2 atom stereocenters. The van der Waals surface area contributed by atoms with Crippen LogP contribution < -0.4 is 5.32 Å². The molecule has 5 nitrogen and oxygen atoms in total. The number of hydrogen-bond donors (Lipinski definition) is 2. The number of hydrogen-bond acceptors (Lipinski definition) is 4. The standard InChI is InChI=1S/C8H15NO4/c1-6(4-10)9-8(11)7-5-12-2-3-13-7/h6-7,10H,2-5H2,1H3,(H,9,11)/t6-,7?/m1/s1. The average molecular weight is 189 g/mol. The Labute approximate surface area is 77.0 Å². The number of nitrogens with one attached hydrogen (secondary N) is 1. The number of rotatable bonds is 3. The lowest BCUT2D eigenvalue weighted by Crippen LogP contribution is -2.46. The fourth-order valence-electron chi connectivity index (χ4n) is 1.02. The second kappa shape index (κ2) is 5.16. The van der Waals surface area contributed by atoms with E-state index in [1.165, 1.54) is 0 Å². The first-order chi connectivity index (χ1) is 6.24. The van der Waals surface area contributed by atoms with Crippen molar-refractivity contribution in [1.29, 1.82) is 0 Å². The van der Waals surface area contributed by atoms with Gasteiger partial charge in [-0.05, 0) is 6.92 Å². The van der Waals surface area contributed by atoms with Crippen LogP contribution in [0.5, 0.6) is 0 Å². The van der Waals surface area contributed by atoms with Crippen molar-refractivity contribution in [3.05, 3.63) is 0 Å². The Hall–Kier alpha value is -0.650. The lowest BCUT2D eigenvalue weighted by atomic mass is 10.3. The highest BCUT2D eigenvalue weighted by atomic mass is 16.6. The van der Waals surface area contributed by atoms with Crippen LogP contribution in [0.1, 0.15) is 6.92 Å². The van der Waals surface area contributed by atoms with Gasteiger partial charge < -0.3 is 19.9 Å². The molecule has 2 N–H and O–H groups in total. The first kappa shape index (κ1) is 10.4. The highest BCUT2D eigenvalue weighted by molar-refractivity contribution is 5.81. The molecule has 13 heavy (non-hydrogen) atoms. The molecule has 1 aliphatic rings. The molecule has 0 spiro atoms. The minimum atomic E-state index is -0.525. The zero-order valence-corrected chi connectivity index (χ0v) is 7.66. The molecule has 1 unspecified atom stereocenters.